The van der Waals surface area contributed by atoms with Gasteiger partial charge in [-0.1, -0.05) is 30.3 Å². The lowest BCUT2D eigenvalue weighted by Gasteiger charge is -2.13. The zero-order chi connectivity index (χ0) is 12.8. The van der Waals surface area contributed by atoms with E-state index in [1.807, 2.05) is 36.4 Å². The SMILES string of the molecule is Oc1ccccc1NC(=S)NNc1ccccc1. The molecule has 2 rings (SSSR count). The number of rotatable bonds is 3. The molecule has 0 aromatic heterocycles. The number of aromatic hydroxyl groups is 1. The van der Waals surface area contributed by atoms with Crippen LogP contribution in [-0.4, -0.2) is 10.2 Å². The standard InChI is InChI=1S/C13H13N3OS/c17-12-9-5-4-8-11(12)14-13(18)16-15-10-6-2-1-3-7-10/h1-9,15,17H,(H2,14,16,18). The Morgan fingerprint density at radius 2 is 1.61 bits per heavy atom. The lowest BCUT2D eigenvalue weighted by molar-refractivity contribution is 0.478. The number of nitrogens with one attached hydrogen (secondary N) is 3. The van der Waals surface area contributed by atoms with E-state index in [9.17, 15) is 5.11 Å². The van der Waals surface area contributed by atoms with Crippen molar-refractivity contribution in [1.29, 1.82) is 0 Å². The Kier molecular flexibility index (Phi) is 3.98. The highest BCUT2D eigenvalue weighted by Gasteiger charge is 2.01. The monoisotopic (exact) mass is 259 g/mol. The Morgan fingerprint density at radius 1 is 0.944 bits per heavy atom. The lowest BCUT2D eigenvalue weighted by atomic mass is 10.3. The van der Waals surface area contributed by atoms with Gasteiger partial charge >= 0.3 is 0 Å². The summed E-state index contributed by atoms with van der Waals surface area (Å²) in [7, 11) is 0. The van der Waals surface area contributed by atoms with Crippen molar-refractivity contribution in [3.05, 3.63) is 54.6 Å². The predicted octanol–water partition coefficient (Wildman–Crippen LogP) is 2.71. The average Bonchev–Trinajstić information content (AvgIpc) is 2.40. The molecule has 2 aromatic rings. The van der Waals surface area contributed by atoms with Gasteiger partial charge in [-0.2, -0.15) is 0 Å². The van der Waals surface area contributed by atoms with Crippen molar-refractivity contribution >= 4 is 28.7 Å². The number of phenolic OH excluding ortho intramolecular Hbond substituents is 1. The van der Waals surface area contributed by atoms with Gasteiger partial charge in [0.15, 0.2) is 5.11 Å². The summed E-state index contributed by atoms with van der Waals surface area (Å²) in [5.41, 5.74) is 7.24. The van der Waals surface area contributed by atoms with Gasteiger partial charge in [-0.15, -0.1) is 0 Å². The molecule has 18 heavy (non-hydrogen) atoms. The van der Waals surface area contributed by atoms with Gasteiger partial charge in [0.05, 0.1) is 11.4 Å². The molecule has 0 saturated heterocycles. The highest BCUT2D eigenvalue weighted by atomic mass is 32.1. The molecule has 5 heteroatoms. The summed E-state index contributed by atoms with van der Waals surface area (Å²) in [5, 5.41) is 12.8. The molecule has 0 heterocycles. The lowest BCUT2D eigenvalue weighted by Crippen LogP contribution is -2.33. The van der Waals surface area contributed by atoms with Crippen LogP contribution in [0.15, 0.2) is 54.6 Å². The third-order valence-electron chi connectivity index (χ3n) is 2.25. The fraction of sp³-hybridized carbons (Fsp3) is 0. The molecule has 4 nitrogen and oxygen atoms in total. The van der Waals surface area contributed by atoms with Crippen molar-refractivity contribution in [1.82, 2.24) is 5.43 Å². The summed E-state index contributed by atoms with van der Waals surface area (Å²) in [6.07, 6.45) is 0. The Bertz CT molecular complexity index is 531. The first-order valence-corrected chi connectivity index (χ1v) is 5.82. The number of hydrogen-bond acceptors (Lipinski definition) is 3. The summed E-state index contributed by atoms with van der Waals surface area (Å²) in [5.74, 6) is 0.154. The molecule has 0 aliphatic rings. The van der Waals surface area contributed by atoms with Crippen LogP contribution in [0.3, 0.4) is 0 Å². The van der Waals surface area contributed by atoms with Crippen LogP contribution in [-0.2, 0) is 0 Å². The van der Waals surface area contributed by atoms with Gasteiger partial charge in [0, 0.05) is 0 Å². The Labute approximate surface area is 111 Å². The normalized spacial score (nSPS) is 9.56. The molecular formula is C13H13N3OS. The molecule has 0 fully saturated rings. The number of thiocarbonyl (C=S) groups is 1. The molecule has 0 bridgehead atoms. The van der Waals surface area contributed by atoms with E-state index in [1.165, 1.54) is 0 Å². The first-order chi connectivity index (χ1) is 8.75. The molecule has 0 aliphatic heterocycles. The fourth-order valence-electron chi connectivity index (χ4n) is 1.38. The summed E-state index contributed by atoms with van der Waals surface area (Å²) in [4.78, 5) is 0. The second-order valence-corrected chi connectivity index (χ2v) is 4.00. The van der Waals surface area contributed by atoms with Crippen LogP contribution >= 0.6 is 12.2 Å². The first-order valence-electron chi connectivity index (χ1n) is 5.42. The number of phenols is 1. The van der Waals surface area contributed by atoms with Crippen molar-refractivity contribution in [2.24, 2.45) is 0 Å². The Hall–Kier alpha value is -2.27. The van der Waals surface area contributed by atoms with Gasteiger partial charge < -0.3 is 10.4 Å². The molecule has 0 amide bonds. The van der Waals surface area contributed by atoms with Gasteiger partial charge in [0.2, 0.25) is 0 Å². The maximum atomic E-state index is 9.57. The van der Waals surface area contributed by atoms with Crippen LogP contribution in [0.5, 0.6) is 5.75 Å². The Morgan fingerprint density at radius 3 is 2.33 bits per heavy atom. The van der Waals surface area contributed by atoms with Gasteiger partial charge in [-0.25, -0.2) is 0 Å². The summed E-state index contributed by atoms with van der Waals surface area (Å²) < 4.78 is 0. The maximum Gasteiger partial charge on any atom is 0.189 e. The third kappa shape index (κ3) is 3.36. The van der Waals surface area contributed by atoms with Crippen LogP contribution in [0.2, 0.25) is 0 Å². The average molecular weight is 259 g/mol. The zero-order valence-corrected chi connectivity index (χ0v) is 10.4. The van der Waals surface area contributed by atoms with Crippen LogP contribution < -0.4 is 16.2 Å². The molecule has 0 spiro atoms. The van der Waals surface area contributed by atoms with Gasteiger partial charge in [-0.3, -0.25) is 10.9 Å². The van der Waals surface area contributed by atoms with Crippen molar-refractivity contribution in [2.75, 3.05) is 10.7 Å². The van der Waals surface area contributed by atoms with Gasteiger partial charge in [-0.05, 0) is 36.5 Å². The number of benzene rings is 2. The van der Waals surface area contributed by atoms with E-state index in [0.717, 1.165) is 5.69 Å². The topological polar surface area (TPSA) is 56.3 Å². The number of anilines is 2. The second-order valence-electron chi connectivity index (χ2n) is 3.59. The minimum Gasteiger partial charge on any atom is -0.506 e. The maximum absolute atomic E-state index is 9.57. The molecule has 2 aromatic carbocycles. The number of hydrogen-bond donors (Lipinski definition) is 4. The summed E-state index contributed by atoms with van der Waals surface area (Å²) in [6, 6.07) is 16.5. The summed E-state index contributed by atoms with van der Waals surface area (Å²) in [6.45, 7) is 0. The molecular weight excluding hydrogens is 246 g/mol. The van der Waals surface area contributed by atoms with Crippen molar-refractivity contribution in [3.8, 4) is 5.75 Å². The van der Waals surface area contributed by atoms with E-state index in [0.29, 0.717) is 10.8 Å². The second kappa shape index (κ2) is 5.88. The van der Waals surface area contributed by atoms with Gasteiger partial charge in [0.1, 0.15) is 5.75 Å². The number of para-hydroxylation sites is 3. The fourth-order valence-corrected chi connectivity index (χ4v) is 1.54. The van der Waals surface area contributed by atoms with Crippen LogP contribution in [0.4, 0.5) is 11.4 Å². The third-order valence-corrected chi connectivity index (χ3v) is 2.45. The molecule has 92 valence electrons. The highest BCUT2D eigenvalue weighted by molar-refractivity contribution is 7.80. The van der Waals surface area contributed by atoms with E-state index in [2.05, 4.69) is 16.2 Å². The first kappa shape index (κ1) is 12.2. The van der Waals surface area contributed by atoms with Crippen LogP contribution in [0.1, 0.15) is 0 Å². The van der Waals surface area contributed by atoms with E-state index in [-0.39, 0.29) is 5.75 Å². The van der Waals surface area contributed by atoms with E-state index in [4.69, 9.17) is 12.2 Å². The predicted molar refractivity (Wildman–Crippen MR) is 77.5 cm³/mol. The molecule has 0 radical (unpaired) electrons. The molecule has 4 N–H and O–H groups in total. The molecule has 0 atom stereocenters. The molecule has 0 unspecified atom stereocenters. The van der Waals surface area contributed by atoms with E-state index < -0.39 is 0 Å². The minimum absolute atomic E-state index is 0.154. The quantitative estimate of drug-likeness (QED) is 0.388. The van der Waals surface area contributed by atoms with Crippen molar-refractivity contribution in [3.63, 3.8) is 0 Å². The van der Waals surface area contributed by atoms with Crippen LogP contribution in [0, 0.1) is 0 Å². The van der Waals surface area contributed by atoms with Crippen molar-refractivity contribution in [2.45, 2.75) is 0 Å². The van der Waals surface area contributed by atoms with E-state index in [1.54, 1.807) is 18.2 Å². The number of hydrazine groups is 1. The zero-order valence-electron chi connectivity index (χ0n) is 9.55. The van der Waals surface area contributed by atoms with Crippen molar-refractivity contribution < 1.29 is 5.11 Å². The van der Waals surface area contributed by atoms with E-state index >= 15 is 0 Å². The van der Waals surface area contributed by atoms with Crippen LogP contribution in [0.25, 0.3) is 0 Å². The highest BCUT2D eigenvalue weighted by Crippen LogP contribution is 2.21. The Balaban J connectivity index is 1.88. The van der Waals surface area contributed by atoms with Gasteiger partial charge in [0.25, 0.3) is 0 Å². The minimum atomic E-state index is 0.154. The molecule has 0 aliphatic carbocycles. The smallest absolute Gasteiger partial charge is 0.189 e. The molecule has 0 saturated carbocycles. The summed E-state index contributed by atoms with van der Waals surface area (Å²) >= 11 is 5.10. The largest absolute Gasteiger partial charge is 0.506 e.